The first-order valence-electron chi connectivity index (χ1n) is 17.6. The van der Waals surface area contributed by atoms with Crippen molar-refractivity contribution < 1.29 is 49.0 Å². The van der Waals surface area contributed by atoms with Gasteiger partial charge in [-0.25, -0.2) is 12.2 Å². The first-order chi connectivity index (χ1) is 22.1. The molecule has 2 aromatic carbocycles. The van der Waals surface area contributed by atoms with Crippen LogP contribution in [0.15, 0.2) is 115 Å². The molecule has 0 amide bonds. The van der Waals surface area contributed by atoms with E-state index in [9.17, 15) is 0 Å². The summed E-state index contributed by atoms with van der Waals surface area (Å²) >= 11 is 1.46. The van der Waals surface area contributed by atoms with Gasteiger partial charge in [-0.1, -0.05) is 107 Å². The van der Waals surface area contributed by atoms with Crippen LogP contribution in [0.25, 0.3) is 0 Å². The molecule has 3 fully saturated rings. The molecule has 2 aromatic rings. The molecular weight excluding hydrogens is 703 g/mol. The van der Waals surface area contributed by atoms with Gasteiger partial charge in [0.2, 0.25) is 0 Å². The number of halogens is 2. The minimum Gasteiger partial charge on any atom is -1.00 e. The molecular formula is C45H52Cl2Zr-2. The van der Waals surface area contributed by atoms with Crippen LogP contribution in [0.2, 0.25) is 0 Å². The van der Waals surface area contributed by atoms with Crippen molar-refractivity contribution in [2.45, 2.75) is 67.2 Å². The predicted octanol–water partition coefficient (Wildman–Crippen LogP) is 5.12. The minimum atomic E-state index is 0. The van der Waals surface area contributed by atoms with Crippen molar-refractivity contribution in [2.75, 3.05) is 0 Å². The van der Waals surface area contributed by atoms with E-state index in [-0.39, 0.29) is 41.1 Å². The second-order valence-electron chi connectivity index (χ2n) is 15.3. The molecule has 0 heterocycles. The van der Waals surface area contributed by atoms with Gasteiger partial charge in [-0.3, -0.25) is 6.08 Å². The van der Waals surface area contributed by atoms with Gasteiger partial charge < -0.3 is 31.2 Å². The smallest absolute Gasteiger partial charge is 0.109 e. The maximum atomic E-state index is 2.99. The van der Waals surface area contributed by atoms with Gasteiger partial charge in [0, 0.05) is 0 Å². The van der Waals surface area contributed by atoms with Crippen molar-refractivity contribution in [3.8, 4) is 0 Å². The van der Waals surface area contributed by atoms with E-state index in [1.165, 1.54) is 69.0 Å². The topological polar surface area (TPSA) is 0 Å². The van der Waals surface area contributed by atoms with E-state index in [1.54, 1.807) is 0 Å². The van der Waals surface area contributed by atoms with Crippen LogP contribution < -0.4 is 24.8 Å². The molecule has 9 atom stereocenters. The van der Waals surface area contributed by atoms with Crippen LogP contribution in [0, 0.1) is 78.1 Å². The predicted molar refractivity (Wildman–Crippen MR) is 193 cm³/mol. The Hall–Kier alpha value is -1.79. The van der Waals surface area contributed by atoms with Crippen LogP contribution in [0.1, 0.15) is 75.6 Å². The quantitative estimate of drug-likeness (QED) is 0.374. The second-order valence-corrected chi connectivity index (χ2v) is 16.5. The van der Waals surface area contributed by atoms with E-state index in [0.717, 1.165) is 30.1 Å². The summed E-state index contributed by atoms with van der Waals surface area (Å²) in [6.07, 6.45) is 36.6. The number of hydrogen-bond donors (Lipinski definition) is 0. The van der Waals surface area contributed by atoms with E-state index >= 15 is 0 Å². The monoisotopic (exact) mass is 752 g/mol. The van der Waals surface area contributed by atoms with Crippen molar-refractivity contribution in [3.63, 3.8) is 0 Å². The number of aryl methyl sites for hydroxylation is 2. The third-order valence-corrected chi connectivity index (χ3v) is 14.2. The van der Waals surface area contributed by atoms with Crippen molar-refractivity contribution in [2.24, 2.45) is 51.8 Å². The summed E-state index contributed by atoms with van der Waals surface area (Å²) in [6.45, 7) is 14.5. The van der Waals surface area contributed by atoms with Crippen LogP contribution in [-0.2, 0) is 24.2 Å². The molecule has 0 aliphatic heterocycles. The first kappa shape index (κ1) is 39.0. The number of allylic oxidation sites excluding steroid dienone is 12. The fourth-order valence-electron chi connectivity index (χ4n) is 10.0. The zero-order chi connectivity index (χ0) is 32.5. The fraction of sp³-hybridized carbons (Fsp3) is 0.422. The molecule has 9 unspecified atom stereocenters. The summed E-state index contributed by atoms with van der Waals surface area (Å²) in [5.74, 6) is 4.69. The molecule has 6 aliphatic rings. The molecule has 0 saturated heterocycles. The van der Waals surface area contributed by atoms with Crippen LogP contribution in [0.4, 0.5) is 0 Å². The van der Waals surface area contributed by atoms with Gasteiger partial charge in [-0.15, -0.1) is 11.8 Å². The Bertz CT molecular complexity index is 1530. The number of benzene rings is 2. The van der Waals surface area contributed by atoms with Crippen LogP contribution >= 0.6 is 0 Å². The van der Waals surface area contributed by atoms with Gasteiger partial charge in [0.15, 0.2) is 0 Å². The van der Waals surface area contributed by atoms with Gasteiger partial charge >= 0.3 is 112 Å². The van der Waals surface area contributed by atoms with E-state index in [1.807, 2.05) is 12.2 Å². The van der Waals surface area contributed by atoms with Crippen molar-refractivity contribution in [1.29, 1.82) is 0 Å². The van der Waals surface area contributed by atoms with Crippen LogP contribution in [0.3, 0.4) is 0 Å². The summed E-state index contributed by atoms with van der Waals surface area (Å²) < 4.78 is 1.42. The van der Waals surface area contributed by atoms with E-state index < -0.39 is 0 Å². The summed E-state index contributed by atoms with van der Waals surface area (Å²) in [5.41, 5.74) is 6.00. The summed E-state index contributed by atoms with van der Waals surface area (Å²) in [7, 11) is 0. The Labute approximate surface area is 319 Å². The summed E-state index contributed by atoms with van der Waals surface area (Å²) in [6, 6.07) is 17.5. The third kappa shape index (κ3) is 7.05. The normalized spacial score (nSPS) is 35.7. The van der Waals surface area contributed by atoms with Crippen molar-refractivity contribution >= 4 is 3.21 Å². The van der Waals surface area contributed by atoms with Crippen LogP contribution in [-0.4, -0.2) is 3.21 Å². The Morgan fingerprint density at radius 1 is 0.792 bits per heavy atom. The molecule has 0 radical (unpaired) electrons. The van der Waals surface area contributed by atoms with Crippen molar-refractivity contribution in [3.05, 3.63) is 150 Å². The molecule has 0 N–H and O–H groups in total. The summed E-state index contributed by atoms with van der Waals surface area (Å²) in [4.78, 5) is 0. The Morgan fingerprint density at radius 2 is 1.40 bits per heavy atom. The number of rotatable bonds is 2. The third-order valence-electron chi connectivity index (χ3n) is 12.8. The summed E-state index contributed by atoms with van der Waals surface area (Å²) in [5, 5.41) is 0. The Balaban J connectivity index is 0.000000195. The van der Waals surface area contributed by atoms with E-state index in [4.69, 9.17) is 0 Å². The fourth-order valence-corrected chi connectivity index (χ4v) is 10.8. The molecule has 0 bridgehead atoms. The zero-order valence-electron chi connectivity index (χ0n) is 29.6. The second kappa shape index (κ2) is 16.0. The van der Waals surface area contributed by atoms with Gasteiger partial charge in [-0.2, -0.15) is 12.0 Å². The number of hydrogen-bond acceptors (Lipinski definition) is 0. The molecule has 252 valence electrons. The zero-order valence-corrected chi connectivity index (χ0v) is 33.6. The van der Waals surface area contributed by atoms with Crippen LogP contribution in [0.5, 0.6) is 0 Å². The molecule has 0 spiro atoms. The molecule has 0 nitrogen and oxygen atoms in total. The molecule has 0 aromatic heterocycles. The standard InChI is InChI=1S/C25H33.C15H14.C5H5.2ClH.Zr/c1-17-10-9-11-18-16-24(3)22(21(17)18)19-12-5-6-13-20(19)23(2)14-7-8-15-25(23,24)4;1-12-3-7-14(8-4-12)11-15-9-5-13(2)6-10-15;1-2-4-5-3-1;;;/h5-8,12-22H,9-11H2,1-4H3;3-10H,1-2H3;1-3H,4H2;2*1H;/q-1;;-1;;;+2/p-2. The van der Waals surface area contributed by atoms with Gasteiger partial charge in [-0.05, 0) is 28.6 Å². The number of fused-ring (bicyclic) bond motifs is 8. The maximum absolute atomic E-state index is 2.99. The average molecular weight is 755 g/mol. The van der Waals surface area contributed by atoms with E-state index in [0.29, 0.717) is 11.8 Å². The van der Waals surface area contributed by atoms with Crippen molar-refractivity contribution in [1.82, 2.24) is 0 Å². The largest absolute Gasteiger partial charge is 1.00 e. The first-order valence-corrected chi connectivity index (χ1v) is 18.8. The molecule has 3 saturated carbocycles. The van der Waals surface area contributed by atoms with Gasteiger partial charge in [0.05, 0.1) is 0 Å². The molecule has 3 heteroatoms. The Morgan fingerprint density at radius 3 is 1.96 bits per heavy atom. The van der Waals surface area contributed by atoms with E-state index in [2.05, 4.69) is 157 Å². The average Bonchev–Trinajstić information content (AvgIpc) is 3.75. The van der Waals surface area contributed by atoms with Gasteiger partial charge in [0.25, 0.3) is 0 Å². The SMILES string of the molecule is CC1CCCC2[CH-]C3(C)C(C4C=CC=CC4C4(C)C=CC=CC43C)C12.Cc1ccc([C](=[Zr+2])c2ccc(C)cc2)cc1.[C-]1=CC=CC1.[Cl-].[Cl-]. The Kier molecular flexibility index (Phi) is 13.0. The molecule has 6 aliphatic carbocycles. The molecule has 48 heavy (non-hydrogen) atoms. The minimum absolute atomic E-state index is 0. The van der Waals surface area contributed by atoms with Gasteiger partial charge in [0.1, 0.15) is 0 Å². The maximum Gasteiger partial charge on any atom is -0.109 e. The molecule has 8 rings (SSSR count).